The molecule has 0 aliphatic rings. The van der Waals surface area contributed by atoms with Gasteiger partial charge in [0.2, 0.25) is 0 Å². The minimum absolute atomic E-state index is 0.521. The maximum atomic E-state index is 5.74. The summed E-state index contributed by atoms with van der Waals surface area (Å²) in [4.78, 5) is 4.22. The second-order valence-corrected chi connectivity index (χ2v) is 3.30. The molecule has 0 fully saturated rings. The third-order valence-corrected chi connectivity index (χ3v) is 2.18. The SMILES string of the molecule is Cc1ccc(-c2c(N)n[nH]c2C)cn1. The summed E-state index contributed by atoms with van der Waals surface area (Å²) in [7, 11) is 0. The van der Waals surface area contributed by atoms with Crippen LogP contribution in [0.15, 0.2) is 18.3 Å². The van der Waals surface area contributed by atoms with Gasteiger partial charge >= 0.3 is 0 Å². The fourth-order valence-electron chi connectivity index (χ4n) is 1.43. The van der Waals surface area contributed by atoms with E-state index in [2.05, 4.69) is 15.2 Å². The summed E-state index contributed by atoms with van der Waals surface area (Å²) in [5, 5.41) is 6.79. The third-order valence-electron chi connectivity index (χ3n) is 2.18. The molecule has 0 atom stereocenters. The van der Waals surface area contributed by atoms with E-state index in [0.717, 1.165) is 22.5 Å². The molecule has 0 aromatic carbocycles. The Morgan fingerprint density at radius 1 is 1.29 bits per heavy atom. The van der Waals surface area contributed by atoms with Gasteiger partial charge in [-0.2, -0.15) is 5.10 Å². The lowest BCUT2D eigenvalue weighted by Crippen LogP contribution is -1.89. The Balaban J connectivity index is 2.54. The van der Waals surface area contributed by atoms with Crippen molar-refractivity contribution in [1.82, 2.24) is 15.2 Å². The van der Waals surface area contributed by atoms with Crippen molar-refractivity contribution in [1.29, 1.82) is 0 Å². The van der Waals surface area contributed by atoms with Gasteiger partial charge in [0.1, 0.15) is 0 Å². The summed E-state index contributed by atoms with van der Waals surface area (Å²) in [5.41, 5.74) is 9.64. The first-order valence-electron chi connectivity index (χ1n) is 4.42. The van der Waals surface area contributed by atoms with Crippen molar-refractivity contribution in [3.8, 4) is 11.1 Å². The van der Waals surface area contributed by atoms with E-state index in [1.165, 1.54) is 0 Å². The number of aromatic amines is 1. The van der Waals surface area contributed by atoms with Crippen molar-refractivity contribution in [3.05, 3.63) is 29.7 Å². The Bertz CT molecular complexity index is 422. The van der Waals surface area contributed by atoms with Crippen molar-refractivity contribution in [2.45, 2.75) is 13.8 Å². The molecule has 3 N–H and O–H groups in total. The Morgan fingerprint density at radius 2 is 2.07 bits per heavy atom. The van der Waals surface area contributed by atoms with Gasteiger partial charge in [0.25, 0.3) is 0 Å². The minimum Gasteiger partial charge on any atom is -0.382 e. The summed E-state index contributed by atoms with van der Waals surface area (Å²) >= 11 is 0. The summed E-state index contributed by atoms with van der Waals surface area (Å²) in [6.07, 6.45) is 1.81. The maximum Gasteiger partial charge on any atom is 0.153 e. The second kappa shape index (κ2) is 3.14. The van der Waals surface area contributed by atoms with E-state index in [0.29, 0.717) is 5.82 Å². The van der Waals surface area contributed by atoms with Crippen LogP contribution in [0.3, 0.4) is 0 Å². The molecule has 0 amide bonds. The van der Waals surface area contributed by atoms with Gasteiger partial charge in [-0.25, -0.2) is 0 Å². The van der Waals surface area contributed by atoms with Gasteiger partial charge in [-0.15, -0.1) is 0 Å². The number of aromatic nitrogens is 3. The summed E-state index contributed by atoms with van der Waals surface area (Å²) in [5.74, 6) is 0.521. The average molecular weight is 188 g/mol. The molecule has 0 bridgehead atoms. The maximum absolute atomic E-state index is 5.74. The molecule has 0 saturated heterocycles. The van der Waals surface area contributed by atoms with E-state index in [1.807, 2.05) is 32.2 Å². The highest BCUT2D eigenvalue weighted by atomic mass is 15.2. The molecule has 0 spiro atoms. The first-order valence-corrected chi connectivity index (χ1v) is 4.42. The van der Waals surface area contributed by atoms with Crippen LogP contribution in [0.4, 0.5) is 5.82 Å². The van der Waals surface area contributed by atoms with Crippen LogP contribution in [0.5, 0.6) is 0 Å². The van der Waals surface area contributed by atoms with Crippen LogP contribution in [0.2, 0.25) is 0 Å². The molecule has 2 aromatic rings. The zero-order valence-electron chi connectivity index (χ0n) is 8.20. The fraction of sp³-hybridized carbons (Fsp3) is 0.200. The van der Waals surface area contributed by atoms with Gasteiger partial charge in [-0.1, -0.05) is 6.07 Å². The number of nitrogen functional groups attached to an aromatic ring is 1. The zero-order valence-corrected chi connectivity index (χ0v) is 8.20. The van der Waals surface area contributed by atoms with E-state index in [-0.39, 0.29) is 0 Å². The summed E-state index contributed by atoms with van der Waals surface area (Å²) < 4.78 is 0. The van der Waals surface area contributed by atoms with Crippen molar-refractivity contribution >= 4 is 5.82 Å². The van der Waals surface area contributed by atoms with E-state index in [1.54, 1.807) is 0 Å². The molecule has 2 aromatic heterocycles. The van der Waals surface area contributed by atoms with Gasteiger partial charge in [0, 0.05) is 28.7 Å². The quantitative estimate of drug-likeness (QED) is 0.715. The molecule has 0 unspecified atom stereocenters. The van der Waals surface area contributed by atoms with Gasteiger partial charge < -0.3 is 5.73 Å². The van der Waals surface area contributed by atoms with Crippen molar-refractivity contribution < 1.29 is 0 Å². The predicted octanol–water partition coefficient (Wildman–Crippen LogP) is 1.67. The van der Waals surface area contributed by atoms with Crippen LogP contribution in [0, 0.1) is 13.8 Å². The number of hydrogen-bond acceptors (Lipinski definition) is 3. The number of anilines is 1. The standard InChI is InChI=1S/C10H12N4/c1-6-3-4-8(5-12-6)9-7(2)13-14-10(9)11/h3-5H,1-2H3,(H3,11,13,14). The first kappa shape index (κ1) is 8.74. The zero-order chi connectivity index (χ0) is 10.1. The fourth-order valence-corrected chi connectivity index (χ4v) is 1.43. The highest BCUT2D eigenvalue weighted by Crippen LogP contribution is 2.26. The number of pyridine rings is 1. The highest BCUT2D eigenvalue weighted by Gasteiger charge is 2.09. The number of nitrogens with two attached hydrogens (primary N) is 1. The number of aryl methyl sites for hydroxylation is 2. The van der Waals surface area contributed by atoms with Crippen molar-refractivity contribution in [3.63, 3.8) is 0 Å². The van der Waals surface area contributed by atoms with Crippen molar-refractivity contribution in [2.75, 3.05) is 5.73 Å². The Morgan fingerprint density at radius 3 is 2.57 bits per heavy atom. The summed E-state index contributed by atoms with van der Waals surface area (Å²) in [6, 6.07) is 3.96. The van der Waals surface area contributed by atoms with Crippen molar-refractivity contribution in [2.24, 2.45) is 0 Å². The van der Waals surface area contributed by atoms with Gasteiger partial charge in [-0.3, -0.25) is 10.1 Å². The van der Waals surface area contributed by atoms with Crippen LogP contribution < -0.4 is 5.73 Å². The van der Waals surface area contributed by atoms with Crippen LogP contribution in [0.1, 0.15) is 11.4 Å². The molecule has 4 nitrogen and oxygen atoms in total. The summed E-state index contributed by atoms with van der Waals surface area (Å²) in [6.45, 7) is 3.90. The predicted molar refractivity (Wildman–Crippen MR) is 55.7 cm³/mol. The third kappa shape index (κ3) is 1.35. The van der Waals surface area contributed by atoms with E-state index >= 15 is 0 Å². The molecule has 2 heterocycles. The Labute approximate surface area is 82.2 Å². The molecule has 0 aliphatic carbocycles. The second-order valence-electron chi connectivity index (χ2n) is 3.30. The Hall–Kier alpha value is -1.84. The lowest BCUT2D eigenvalue weighted by atomic mass is 10.1. The smallest absolute Gasteiger partial charge is 0.153 e. The number of H-pyrrole nitrogens is 1. The van der Waals surface area contributed by atoms with Gasteiger partial charge in [-0.05, 0) is 19.9 Å². The number of nitrogens with one attached hydrogen (secondary N) is 1. The normalized spacial score (nSPS) is 10.4. The molecule has 0 radical (unpaired) electrons. The van der Waals surface area contributed by atoms with Gasteiger partial charge in [0.15, 0.2) is 5.82 Å². The van der Waals surface area contributed by atoms with E-state index in [9.17, 15) is 0 Å². The molecule has 14 heavy (non-hydrogen) atoms. The monoisotopic (exact) mass is 188 g/mol. The molecule has 72 valence electrons. The van der Waals surface area contributed by atoms with Crippen LogP contribution in [-0.2, 0) is 0 Å². The largest absolute Gasteiger partial charge is 0.382 e. The molecule has 0 saturated carbocycles. The number of rotatable bonds is 1. The molecule has 4 heteroatoms. The molecular weight excluding hydrogens is 176 g/mol. The van der Waals surface area contributed by atoms with E-state index in [4.69, 9.17) is 5.73 Å². The Kier molecular flexibility index (Phi) is 1.96. The number of hydrogen-bond donors (Lipinski definition) is 2. The lowest BCUT2D eigenvalue weighted by Gasteiger charge is -2.00. The van der Waals surface area contributed by atoms with Crippen LogP contribution in [-0.4, -0.2) is 15.2 Å². The lowest BCUT2D eigenvalue weighted by molar-refractivity contribution is 1.05. The van der Waals surface area contributed by atoms with Crippen LogP contribution >= 0.6 is 0 Å². The number of nitrogens with zero attached hydrogens (tertiary/aromatic N) is 2. The molecule has 2 rings (SSSR count). The first-order chi connectivity index (χ1) is 6.68. The molecule has 0 aliphatic heterocycles. The van der Waals surface area contributed by atoms with Gasteiger partial charge in [0.05, 0.1) is 0 Å². The van der Waals surface area contributed by atoms with Crippen LogP contribution in [0.25, 0.3) is 11.1 Å². The average Bonchev–Trinajstić information content (AvgIpc) is 2.49. The topological polar surface area (TPSA) is 67.6 Å². The highest BCUT2D eigenvalue weighted by molar-refractivity contribution is 5.75. The molecular formula is C10H12N4. The minimum atomic E-state index is 0.521. The van der Waals surface area contributed by atoms with E-state index < -0.39 is 0 Å².